The second-order valence-corrected chi connectivity index (χ2v) is 5.11. The average Bonchev–Trinajstić information content (AvgIpc) is 3.00. The largest absolute Gasteiger partial charge is 0.436 e. The zero-order chi connectivity index (χ0) is 16.9. The van der Waals surface area contributed by atoms with Gasteiger partial charge in [0.25, 0.3) is 0 Å². The molecule has 0 bridgehead atoms. The van der Waals surface area contributed by atoms with E-state index in [0.29, 0.717) is 28.6 Å². The number of carbonyl (C=O) groups excluding carboxylic acids is 2. The zero-order valence-corrected chi connectivity index (χ0v) is 12.9. The van der Waals surface area contributed by atoms with Gasteiger partial charge in [0.2, 0.25) is 11.8 Å². The Balaban J connectivity index is 1.78. The fourth-order valence-corrected chi connectivity index (χ4v) is 2.16. The maximum Gasteiger partial charge on any atom is 0.232 e. The molecular formula is C18H15N3O3. The molecule has 0 saturated heterocycles. The third kappa shape index (κ3) is 3.49. The molecule has 2 aromatic carbocycles. The molecule has 0 aliphatic heterocycles. The van der Waals surface area contributed by atoms with Crippen molar-refractivity contribution in [2.24, 2.45) is 0 Å². The number of nitrogens with zero attached hydrogens (tertiary/aromatic N) is 1. The van der Waals surface area contributed by atoms with E-state index in [0.717, 1.165) is 5.69 Å². The highest BCUT2D eigenvalue weighted by atomic mass is 16.3. The number of oxazole rings is 1. The van der Waals surface area contributed by atoms with Gasteiger partial charge in [-0.05, 0) is 36.4 Å². The molecule has 1 aromatic heterocycles. The molecule has 0 unspecified atom stereocenters. The summed E-state index contributed by atoms with van der Waals surface area (Å²) >= 11 is 0. The Morgan fingerprint density at radius 2 is 1.79 bits per heavy atom. The number of rotatable bonds is 5. The van der Waals surface area contributed by atoms with Crippen LogP contribution in [0.25, 0.3) is 16.7 Å². The Hall–Kier alpha value is -3.41. The summed E-state index contributed by atoms with van der Waals surface area (Å²) in [6, 6.07) is 14.4. The third-order valence-electron chi connectivity index (χ3n) is 3.27. The number of aldehydes is 1. The molecule has 0 atom stereocenters. The highest BCUT2D eigenvalue weighted by Gasteiger charge is 2.09. The van der Waals surface area contributed by atoms with Crippen molar-refractivity contribution in [1.82, 2.24) is 4.98 Å². The van der Waals surface area contributed by atoms with Crippen LogP contribution in [-0.4, -0.2) is 17.2 Å². The molecule has 1 amide bonds. The van der Waals surface area contributed by atoms with Crippen LogP contribution >= 0.6 is 0 Å². The quantitative estimate of drug-likeness (QED) is 0.555. The van der Waals surface area contributed by atoms with Crippen molar-refractivity contribution in [3.8, 4) is 0 Å². The predicted octanol–water partition coefficient (Wildman–Crippen LogP) is 3.44. The normalized spacial score (nSPS) is 11.3. The van der Waals surface area contributed by atoms with Gasteiger partial charge in [0.15, 0.2) is 11.9 Å². The van der Waals surface area contributed by atoms with E-state index in [-0.39, 0.29) is 11.8 Å². The van der Waals surface area contributed by atoms with Crippen molar-refractivity contribution in [2.45, 2.75) is 6.92 Å². The molecule has 0 saturated carbocycles. The number of amides is 1. The van der Waals surface area contributed by atoms with Gasteiger partial charge in [0.1, 0.15) is 5.52 Å². The van der Waals surface area contributed by atoms with Crippen LogP contribution < -0.4 is 10.6 Å². The van der Waals surface area contributed by atoms with Crippen molar-refractivity contribution in [3.63, 3.8) is 0 Å². The molecule has 0 fully saturated rings. The van der Waals surface area contributed by atoms with E-state index in [4.69, 9.17) is 4.42 Å². The Morgan fingerprint density at radius 3 is 2.46 bits per heavy atom. The number of fused-ring (bicyclic) bond motifs is 1. The molecule has 120 valence electrons. The maximum absolute atomic E-state index is 11.3. The molecule has 6 heteroatoms. The van der Waals surface area contributed by atoms with E-state index >= 15 is 0 Å². The van der Waals surface area contributed by atoms with E-state index < -0.39 is 0 Å². The monoisotopic (exact) mass is 321 g/mol. The van der Waals surface area contributed by atoms with Crippen LogP contribution in [0.3, 0.4) is 0 Å². The molecule has 0 aliphatic rings. The molecule has 24 heavy (non-hydrogen) atoms. The Bertz CT molecular complexity index is 878. The number of anilines is 2. The van der Waals surface area contributed by atoms with Crippen LogP contribution in [0.15, 0.2) is 59.1 Å². The SMILES string of the molecule is CC(=O)Nc1ccc(NC=C(C=O)c2nc3ccccc3o2)cc1. The fourth-order valence-electron chi connectivity index (χ4n) is 2.16. The minimum absolute atomic E-state index is 0.130. The highest BCUT2D eigenvalue weighted by Crippen LogP contribution is 2.20. The third-order valence-corrected chi connectivity index (χ3v) is 3.27. The van der Waals surface area contributed by atoms with Crippen molar-refractivity contribution in [1.29, 1.82) is 0 Å². The van der Waals surface area contributed by atoms with Gasteiger partial charge in [-0.25, -0.2) is 4.98 Å². The van der Waals surface area contributed by atoms with Gasteiger partial charge in [0.05, 0.1) is 5.57 Å². The zero-order valence-electron chi connectivity index (χ0n) is 12.9. The smallest absolute Gasteiger partial charge is 0.232 e. The van der Waals surface area contributed by atoms with Gasteiger partial charge in [-0.3, -0.25) is 9.59 Å². The van der Waals surface area contributed by atoms with Crippen LogP contribution in [0, 0.1) is 0 Å². The minimum Gasteiger partial charge on any atom is -0.436 e. The minimum atomic E-state index is -0.130. The van der Waals surface area contributed by atoms with E-state index in [9.17, 15) is 9.59 Å². The molecule has 1 heterocycles. The first-order valence-corrected chi connectivity index (χ1v) is 7.31. The summed E-state index contributed by atoms with van der Waals surface area (Å²) in [7, 11) is 0. The van der Waals surface area contributed by atoms with Crippen LogP contribution in [0.4, 0.5) is 11.4 Å². The number of para-hydroxylation sites is 2. The Morgan fingerprint density at radius 1 is 1.08 bits per heavy atom. The molecule has 0 radical (unpaired) electrons. The highest BCUT2D eigenvalue weighted by molar-refractivity contribution is 6.06. The lowest BCUT2D eigenvalue weighted by Crippen LogP contribution is -2.05. The summed E-state index contributed by atoms with van der Waals surface area (Å²) in [5, 5.41) is 5.70. The predicted molar refractivity (Wildman–Crippen MR) is 92.4 cm³/mol. The molecule has 2 N–H and O–H groups in total. The lowest BCUT2D eigenvalue weighted by molar-refractivity contribution is -0.114. The van der Waals surface area contributed by atoms with E-state index in [2.05, 4.69) is 15.6 Å². The molecule has 3 rings (SSSR count). The van der Waals surface area contributed by atoms with Gasteiger partial charge < -0.3 is 15.1 Å². The van der Waals surface area contributed by atoms with Gasteiger partial charge in [-0.15, -0.1) is 0 Å². The number of benzene rings is 2. The topological polar surface area (TPSA) is 84.2 Å². The molecular weight excluding hydrogens is 306 g/mol. The number of aromatic nitrogens is 1. The van der Waals surface area contributed by atoms with E-state index in [1.165, 1.54) is 13.1 Å². The van der Waals surface area contributed by atoms with Crippen molar-refractivity contribution in [2.75, 3.05) is 10.6 Å². The summed E-state index contributed by atoms with van der Waals surface area (Å²) in [4.78, 5) is 26.6. The number of nitrogens with one attached hydrogen (secondary N) is 2. The van der Waals surface area contributed by atoms with Crippen LogP contribution in [0.1, 0.15) is 12.8 Å². The lowest BCUT2D eigenvalue weighted by Gasteiger charge is -2.04. The fraction of sp³-hybridized carbons (Fsp3) is 0.0556. The average molecular weight is 321 g/mol. The first-order chi connectivity index (χ1) is 11.7. The maximum atomic E-state index is 11.3. The second-order valence-electron chi connectivity index (χ2n) is 5.11. The van der Waals surface area contributed by atoms with Gasteiger partial charge in [-0.1, -0.05) is 12.1 Å². The standard InChI is InChI=1S/C18H15N3O3/c1-12(23)20-15-8-6-14(7-9-15)19-10-13(11-22)18-21-16-4-2-3-5-17(16)24-18/h2-11,19H,1H3,(H,20,23). The number of hydrogen-bond donors (Lipinski definition) is 2. The number of carbonyl (C=O) groups is 2. The van der Waals surface area contributed by atoms with Gasteiger partial charge in [-0.2, -0.15) is 0 Å². The number of hydrogen-bond acceptors (Lipinski definition) is 5. The van der Waals surface area contributed by atoms with Crippen molar-refractivity contribution >= 4 is 40.2 Å². The number of allylic oxidation sites excluding steroid dienone is 1. The second kappa shape index (κ2) is 6.78. The van der Waals surface area contributed by atoms with Gasteiger partial charge in [0, 0.05) is 24.5 Å². The summed E-state index contributed by atoms with van der Waals surface area (Å²) in [6.45, 7) is 1.45. The van der Waals surface area contributed by atoms with Crippen LogP contribution in [0.2, 0.25) is 0 Å². The van der Waals surface area contributed by atoms with E-state index in [1.807, 2.05) is 18.2 Å². The van der Waals surface area contributed by atoms with E-state index in [1.54, 1.807) is 30.3 Å². The summed E-state index contributed by atoms with van der Waals surface area (Å²) in [6.07, 6.45) is 2.22. The lowest BCUT2D eigenvalue weighted by atomic mass is 10.2. The molecule has 6 nitrogen and oxygen atoms in total. The molecule has 3 aromatic rings. The first-order valence-electron chi connectivity index (χ1n) is 7.31. The Labute approximate surface area is 138 Å². The summed E-state index contributed by atoms with van der Waals surface area (Å²) in [5.74, 6) is 0.128. The molecule has 0 spiro atoms. The van der Waals surface area contributed by atoms with Crippen molar-refractivity contribution in [3.05, 3.63) is 60.6 Å². The van der Waals surface area contributed by atoms with Gasteiger partial charge >= 0.3 is 0 Å². The van der Waals surface area contributed by atoms with Crippen LogP contribution in [-0.2, 0) is 9.59 Å². The summed E-state index contributed by atoms with van der Waals surface area (Å²) < 4.78 is 5.57. The van der Waals surface area contributed by atoms with Crippen molar-refractivity contribution < 1.29 is 14.0 Å². The Kier molecular flexibility index (Phi) is 4.38. The first kappa shape index (κ1) is 15.5. The van der Waals surface area contributed by atoms with Crippen LogP contribution in [0.5, 0.6) is 0 Å². The summed E-state index contributed by atoms with van der Waals surface area (Å²) in [5.41, 5.74) is 3.09. The molecule has 0 aliphatic carbocycles.